The number of ether oxygens (including phenoxy) is 1. The molecule has 2 rings (SSSR count). The van der Waals surface area contributed by atoms with Gasteiger partial charge in [0.1, 0.15) is 12.1 Å². The van der Waals surface area contributed by atoms with Crippen molar-refractivity contribution in [1.29, 1.82) is 0 Å². The number of ketones is 1. The maximum absolute atomic E-state index is 11.1. The van der Waals surface area contributed by atoms with Crippen molar-refractivity contribution < 1.29 is 9.53 Å². The van der Waals surface area contributed by atoms with Crippen LogP contribution in [0.4, 0.5) is 0 Å². The average Bonchev–Trinajstić information content (AvgIpc) is 2.61. The molecule has 0 unspecified atom stereocenters. The summed E-state index contributed by atoms with van der Waals surface area (Å²) in [5, 5.41) is 4.86. The summed E-state index contributed by atoms with van der Waals surface area (Å²) >= 11 is 5.98. The second kappa shape index (κ2) is 4.33. The molecule has 0 spiro atoms. The number of nitrogens with zero attached hydrogens (tertiary/aromatic N) is 3. The van der Waals surface area contributed by atoms with Crippen molar-refractivity contribution in [1.82, 2.24) is 14.8 Å². The van der Waals surface area contributed by atoms with E-state index in [1.807, 2.05) is 6.92 Å². The van der Waals surface area contributed by atoms with Crippen molar-refractivity contribution in [2.24, 2.45) is 0 Å². The van der Waals surface area contributed by atoms with Gasteiger partial charge in [-0.3, -0.25) is 4.79 Å². The summed E-state index contributed by atoms with van der Waals surface area (Å²) in [6.07, 6.45) is 1.56. The highest BCUT2D eigenvalue weighted by molar-refractivity contribution is 6.32. The van der Waals surface area contributed by atoms with Gasteiger partial charge in [-0.2, -0.15) is 5.10 Å². The third-order valence-corrected chi connectivity index (χ3v) is 2.85. The van der Waals surface area contributed by atoms with Crippen molar-refractivity contribution in [3.8, 4) is 5.88 Å². The maximum atomic E-state index is 11.1. The molecule has 0 aromatic carbocycles. The maximum Gasteiger partial charge on any atom is 0.239 e. The van der Waals surface area contributed by atoms with Gasteiger partial charge >= 0.3 is 0 Å². The number of methoxy groups -OCH3 is 1. The molecular weight excluding hydrogens is 242 g/mol. The number of hydrogen-bond acceptors (Lipinski definition) is 4. The highest BCUT2D eigenvalue weighted by Crippen LogP contribution is 2.29. The van der Waals surface area contributed by atoms with Crippen LogP contribution in [-0.4, -0.2) is 27.7 Å². The summed E-state index contributed by atoms with van der Waals surface area (Å²) in [5.74, 6) is 0.481. The van der Waals surface area contributed by atoms with Gasteiger partial charge in [0, 0.05) is 6.20 Å². The van der Waals surface area contributed by atoms with Crippen LogP contribution in [0.15, 0.2) is 6.20 Å². The predicted octanol–water partition coefficient (Wildman–Crippen LogP) is 1.99. The van der Waals surface area contributed by atoms with E-state index in [4.69, 9.17) is 16.3 Å². The lowest BCUT2D eigenvalue weighted by atomic mass is 10.2. The van der Waals surface area contributed by atoms with Crippen LogP contribution in [-0.2, 0) is 11.3 Å². The zero-order valence-electron chi connectivity index (χ0n) is 9.82. The number of halogens is 1. The van der Waals surface area contributed by atoms with Crippen LogP contribution in [0.25, 0.3) is 11.0 Å². The number of aromatic nitrogens is 3. The first-order valence-corrected chi connectivity index (χ1v) is 5.47. The molecule has 0 saturated carbocycles. The van der Waals surface area contributed by atoms with Crippen molar-refractivity contribution in [3.63, 3.8) is 0 Å². The van der Waals surface area contributed by atoms with Gasteiger partial charge in [-0.05, 0) is 19.4 Å². The average molecular weight is 254 g/mol. The Kier molecular flexibility index (Phi) is 3.02. The number of rotatable bonds is 3. The first-order valence-electron chi connectivity index (χ1n) is 5.09. The highest BCUT2D eigenvalue weighted by atomic mass is 35.5. The third kappa shape index (κ3) is 1.98. The van der Waals surface area contributed by atoms with Crippen LogP contribution in [0.3, 0.4) is 0 Å². The Labute approximate surface area is 103 Å². The Morgan fingerprint density at radius 2 is 2.24 bits per heavy atom. The Morgan fingerprint density at radius 1 is 1.53 bits per heavy atom. The van der Waals surface area contributed by atoms with Gasteiger partial charge in [0.15, 0.2) is 11.3 Å². The van der Waals surface area contributed by atoms with Gasteiger partial charge in [0.05, 0.1) is 12.1 Å². The smallest absolute Gasteiger partial charge is 0.239 e. The first-order chi connectivity index (χ1) is 8.04. The second-order valence-corrected chi connectivity index (χ2v) is 4.20. The molecule has 0 amide bonds. The molecule has 0 N–H and O–H groups in total. The molecule has 90 valence electrons. The molecule has 2 heterocycles. The molecule has 2 aromatic rings. The molecule has 2 aromatic heterocycles. The summed E-state index contributed by atoms with van der Waals surface area (Å²) in [7, 11) is 1.53. The van der Waals surface area contributed by atoms with E-state index in [-0.39, 0.29) is 12.3 Å². The predicted molar refractivity (Wildman–Crippen MR) is 64.5 cm³/mol. The molecule has 0 aliphatic rings. The Hall–Kier alpha value is -1.62. The third-order valence-electron chi connectivity index (χ3n) is 2.47. The Morgan fingerprint density at radius 3 is 2.82 bits per heavy atom. The number of pyridine rings is 1. The molecule has 0 aliphatic carbocycles. The number of Topliss-reactive ketones (excluding diaryl/α,β-unsaturated/α-hetero) is 1. The monoisotopic (exact) mass is 253 g/mol. The van der Waals surface area contributed by atoms with E-state index in [0.717, 1.165) is 5.56 Å². The molecule has 5 nitrogen and oxygen atoms in total. The van der Waals surface area contributed by atoms with E-state index in [0.29, 0.717) is 21.9 Å². The minimum absolute atomic E-state index is 0.000133. The largest absolute Gasteiger partial charge is 0.480 e. The van der Waals surface area contributed by atoms with E-state index >= 15 is 0 Å². The van der Waals surface area contributed by atoms with Crippen LogP contribution in [0.1, 0.15) is 12.5 Å². The molecule has 0 radical (unpaired) electrons. The van der Waals surface area contributed by atoms with Crippen LogP contribution in [0.2, 0.25) is 5.02 Å². The van der Waals surface area contributed by atoms with Gasteiger partial charge in [0.2, 0.25) is 5.88 Å². The fourth-order valence-corrected chi connectivity index (χ4v) is 1.80. The topological polar surface area (TPSA) is 57.0 Å². The van der Waals surface area contributed by atoms with E-state index in [2.05, 4.69) is 10.1 Å². The van der Waals surface area contributed by atoms with E-state index in [1.165, 1.54) is 18.7 Å². The number of carbonyl (C=O) groups is 1. The number of carbonyl (C=O) groups excluding carboxylic acids is 1. The molecule has 0 atom stereocenters. The highest BCUT2D eigenvalue weighted by Gasteiger charge is 2.17. The van der Waals surface area contributed by atoms with Gasteiger partial charge in [-0.15, -0.1) is 0 Å². The fraction of sp³-hybridized carbons (Fsp3) is 0.364. The van der Waals surface area contributed by atoms with Crippen LogP contribution in [0, 0.1) is 6.92 Å². The summed E-state index contributed by atoms with van der Waals surface area (Å²) in [6.45, 7) is 3.52. The molecule has 17 heavy (non-hydrogen) atoms. The SMILES string of the molecule is COc1c2ncc(Cl)c(C)c2nn1CC(C)=O. The van der Waals surface area contributed by atoms with E-state index < -0.39 is 0 Å². The fourth-order valence-electron chi connectivity index (χ4n) is 1.66. The number of fused-ring (bicyclic) bond motifs is 1. The molecular formula is C11H12ClN3O2. The van der Waals surface area contributed by atoms with Crippen molar-refractivity contribution in [3.05, 3.63) is 16.8 Å². The quantitative estimate of drug-likeness (QED) is 0.839. The molecule has 0 saturated heterocycles. The Balaban J connectivity index is 2.70. The van der Waals surface area contributed by atoms with E-state index in [9.17, 15) is 4.79 Å². The van der Waals surface area contributed by atoms with Crippen LogP contribution >= 0.6 is 11.6 Å². The zero-order valence-corrected chi connectivity index (χ0v) is 10.6. The lowest BCUT2D eigenvalue weighted by molar-refractivity contribution is -0.117. The van der Waals surface area contributed by atoms with Crippen LogP contribution in [0.5, 0.6) is 5.88 Å². The van der Waals surface area contributed by atoms with Crippen molar-refractivity contribution in [2.75, 3.05) is 7.11 Å². The molecule has 0 fully saturated rings. The summed E-state index contributed by atoms with van der Waals surface area (Å²) in [4.78, 5) is 15.3. The molecule has 0 aliphatic heterocycles. The van der Waals surface area contributed by atoms with Crippen molar-refractivity contribution >= 4 is 28.4 Å². The number of hydrogen-bond donors (Lipinski definition) is 0. The van der Waals surface area contributed by atoms with E-state index in [1.54, 1.807) is 6.20 Å². The summed E-state index contributed by atoms with van der Waals surface area (Å²) in [5.41, 5.74) is 2.11. The van der Waals surface area contributed by atoms with Gasteiger partial charge in [-0.25, -0.2) is 9.67 Å². The van der Waals surface area contributed by atoms with Gasteiger partial charge in [-0.1, -0.05) is 11.6 Å². The van der Waals surface area contributed by atoms with Gasteiger partial charge in [0.25, 0.3) is 0 Å². The normalized spacial score (nSPS) is 10.8. The minimum atomic E-state index is -0.000133. The standard InChI is InChI=1S/C11H12ClN3O2/c1-6(16)5-15-11(17-3)10-9(14-15)7(2)8(12)4-13-10/h4H,5H2,1-3H3. The molecule has 0 bridgehead atoms. The van der Waals surface area contributed by atoms with Crippen molar-refractivity contribution in [2.45, 2.75) is 20.4 Å². The molecule has 6 heteroatoms. The zero-order chi connectivity index (χ0) is 12.6. The minimum Gasteiger partial charge on any atom is -0.480 e. The van der Waals surface area contributed by atoms with Crippen LogP contribution < -0.4 is 4.74 Å². The van der Waals surface area contributed by atoms with Gasteiger partial charge < -0.3 is 4.74 Å². The lowest BCUT2D eigenvalue weighted by Crippen LogP contribution is -2.09. The summed E-state index contributed by atoms with van der Waals surface area (Å²) < 4.78 is 6.74. The summed E-state index contributed by atoms with van der Waals surface area (Å²) in [6, 6.07) is 0. The second-order valence-electron chi connectivity index (χ2n) is 3.80. The lowest BCUT2D eigenvalue weighted by Gasteiger charge is -2.02. The number of aryl methyl sites for hydroxylation is 1. The first kappa shape index (κ1) is 11.9. The Bertz CT molecular complexity index is 592.